The number of fused-ring (bicyclic) bond motifs is 1. The molecule has 0 bridgehead atoms. The number of thiocarbonyl (C=S) groups is 1. The summed E-state index contributed by atoms with van der Waals surface area (Å²) < 4.78 is 0. The first-order valence-electron chi connectivity index (χ1n) is 7.43. The van der Waals surface area contributed by atoms with Crippen LogP contribution in [0.4, 0.5) is 0 Å². The summed E-state index contributed by atoms with van der Waals surface area (Å²) >= 11 is 5.03. The number of nitrogens with zero attached hydrogens (tertiary/aromatic N) is 1. The topological polar surface area (TPSA) is 63.4 Å². The molecule has 5 heteroatoms. The second kappa shape index (κ2) is 5.43. The fraction of sp³-hybridized carbons (Fsp3) is 0.800. The molecule has 2 fully saturated rings. The summed E-state index contributed by atoms with van der Waals surface area (Å²) in [5, 5.41) is 0. The van der Waals surface area contributed by atoms with E-state index >= 15 is 0 Å². The van der Waals surface area contributed by atoms with Gasteiger partial charge < -0.3 is 5.73 Å². The maximum absolute atomic E-state index is 12.4. The quantitative estimate of drug-likeness (QED) is 0.623. The summed E-state index contributed by atoms with van der Waals surface area (Å²) in [5.41, 5.74) is 5.38. The van der Waals surface area contributed by atoms with Gasteiger partial charge in [0.15, 0.2) is 0 Å². The molecule has 2 atom stereocenters. The van der Waals surface area contributed by atoms with Crippen LogP contribution in [0.25, 0.3) is 0 Å². The molecule has 2 rings (SSSR count). The Kier molecular flexibility index (Phi) is 4.19. The normalized spacial score (nSPS) is 29.9. The van der Waals surface area contributed by atoms with Gasteiger partial charge in [-0.25, -0.2) is 0 Å². The molecule has 1 saturated carbocycles. The van der Waals surface area contributed by atoms with Crippen LogP contribution in [0.2, 0.25) is 0 Å². The van der Waals surface area contributed by atoms with Crippen LogP contribution in [0.15, 0.2) is 0 Å². The fourth-order valence-electron chi connectivity index (χ4n) is 3.27. The Bertz CT molecular complexity index is 423. The average molecular weight is 296 g/mol. The van der Waals surface area contributed by atoms with E-state index in [-0.39, 0.29) is 29.1 Å². The minimum Gasteiger partial charge on any atom is -0.393 e. The van der Waals surface area contributed by atoms with Gasteiger partial charge in [0.1, 0.15) is 0 Å². The lowest BCUT2D eigenvalue weighted by atomic mass is 9.89. The third-order valence-corrected chi connectivity index (χ3v) is 5.58. The Morgan fingerprint density at radius 3 is 2.20 bits per heavy atom. The monoisotopic (exact) mass is 296 g/mol. The van der Waals surface area contributed by atoms with Gasteiger partial charge in [0.05, 0.1) is 16.8 Å². The van der Waals surface area contributed by atoms with Crippen molar-refractivity contribution in [1.29, 1.82) is 0 Å². The van der Waals surface area contributed by atoms with Crippen LogP contribution in [-0.4, -0.2) is 28.2 Å². The van der Waals surface area contributed by atoms with Crippen molar-refractivity contribution in [1.82, 2.24) is 4.90 Å². The van der Waals surface area contributed by atoms with Crippen molar-refractivity contribution in [2.75, 3.05) is 6.54 Å². The van der Waals surface area contributed by atoms with Crippen LogP contribution in [0.1, 0.15) is 46.5 Å². The largest absolute Gasteiger partial charge is 0.393 e. The summed E-state index contributed by atoms with van der Waals surface area (Å²) in [5.74, 6) is 0.443. The lowest BCUT2D eigenvalue weighted by Gasteiger charge is -2.26. The number of hydrogen-bond acceptors (Lipinski definition) is 3. The maximum Gasteiger partial charge on any atom is 0.233 e. The number of likely N-dealkylation sites (tertiary alicyclic amines) is 1. The minimum atomic E-state index is -0.320. The third-order valence-electron chi connectivity index (χ3n) is 5.03. The number of imide groups is 1. The highest BCUT2D eigenvalue weighted by atomic mass is 32.1. The SMILES string of the molecule is CCC1CC2C(=O)N(CCC(C)(C)C(N)=S)C(=O)C2C1. The molecule has 0 aromatic rings. The van der Waals surface area contributed by atoms with Gasteiger partial charge in [-0.1, -0.05) is 39.4 Å². The van der Waals surface area contributed by atoms with E-state index in [0.717, 1.165) is 19.3 Å². The standard InChI is InChI=1S/C15H24N2O2S/c1-4-9-7-10-11(8-9)13(19)17(12(10)18)6-5-15(2,3)14(16)20/h9-11H,4-8H2,1-3H3,(H2,16,20). The molecule has 112 valence electrons. The van der Waals surface area contributed by atoms with Crippen molar-refractivity contribution in [3.63, 3.8) is 0 Å². The molecular weight excluding hydrogens is 272 g/mol. The van der Waals surface area contributed by atoms with Gasteiger partial charge in [0.2, 0.25) is 11.8 Å². The maximum atomic E-state index is 12.4. The second-order valence-electron chi connectivity index (χ2n) is 6.78. The van der Waals surface area contributed by atoms with Crippen molar-refractivity contribution in [3.05, 3.63) is 0 Å². The van der Waals surface area contributed by atoms with Crippen LogP contribution >= 0.6 is 12.2 Å². The van der Waals surface area contributed by atoms with Gasteiger partial charge in [-0.15, -0.1) is 0 Å². The number of amides is 2. The van der Waals surface area contributed by atoms with Crippen molar-refractivity contribution < 1.29 is 9.59 Å². The van der Waals surface area contributed by atoms with Crippen molar-refractivity contribution in [2.45, 2.75) is 46.5 Å². The smallest absolute Gasteiger partial charge is 0.233 e. The summed E-state index contributed by atoms with van der Waals surface area (Å²) in [4.78, 5) is 26.7. The van der Waals surface area contributed by atoms with Gasteiger partial charge in [-0.2, -0.15) is 0 Å². The highest BCUT2D eigenvalue weighted by Gasteiger charge is 2.52. The first kappa shape index (κ1) is 15.4. The van der Waals surface area contributed by atoms with E-state index in [4.69, 9.17) is 18.0 Å². The number of carbonyl (C=O) groups is 2. The number of carbonyl (C=O) groups excluding carboxylic acids is 2. The second-order valence-corrected chi connectivity index (χ2v) is 7.22. The third kappa shape index (κ3) is 2.60. The average Bonchev–Trinajstić information content (AvgIpc) is 2.89. The summed E-state index contributed by atoms with van der Waals surface area (Å²) in [6, 6.07) is 0. The Labute approximate surface area is 126 Å². The van der Waals surface area contributed by atoms with Crippen molar-refractivity contribution >= 4 is 29.0 Å². The molecule has 1 aliphatic heterocycles. The van der Waals surface area contributed by atoms with Gasteiger partial charge in [-0.05, 0) is 25.2 Å². The first-order chi connectivity index (χ1) is 9.27. The summed E-state index contributed by atoms with van der Waals surface area (Å²) in [7, 11) is 0. The fourth-order valence-corrected chi connectivity index (χ4v) is 3.37. The van der Waals surface area contributed by atoms with Gasteiger partial charge >= 0.3 is 0 Å². The van der Waals surface area contributed by atoms with Crippen LogP contribution in [0.3, 0.4) is 0 Å². The van der Waals surface area contributed by atoms with Crippen molar-refractivity contribution in [3.8, 4) is 0 Å². The predicted octanol–water partition coefficient (Wildman–Crippen LogP) is 2.11. The summed E-state index contributed by atoms with van der Waals surface area (Å²) in [6.45, 7) is 6.47. The highest BCUT2D eigenvalue weighted by Crippen LogP contribution is 2.44. The molecule has 1 heterocycles. The Morgan fingerprint density at radius 2 is 1.80 bits per heavy atom. The molecule has 0 aromatic heterocycles. The molecule has 0 radical (unpaired) electrons. The lowest BCUT2D eigenvalue weighted by Crippen LogP contribution is -2.38. The minimum absolute atomic E-state index is 0.0229. The van der Waals surface area contributed by atoms with Crippen LogP contribution in [-0.2, 0) is 9.59 Å². The zero-order valence-corrected chi connectivity index (χ0v) is 13.3. The number of nitrogens with two attached hydrogens (primary N) is 1. The molecule has 2 amide bonds. The van der Waals surface area contributed by atoms with E-state index < -0.39 is 0 Å². The molecular formula is C15H24N2O2S. The first-order valence-corrected chi connectivity index (χ1v) is 7.84. The zero-order valence-electron chi connectivity index (χ0n) is 12.5. The van der Waals surface area contributed by atoms with Crippen LogP contribution < -0.4 is 5.73 Å². The number of hydrogen-bond donors (Lipinski definition) is 1. The molecule has 2 unspecified atom stereocenters. The van der Waals surface area contributed by atoms with E-state index in [0.29, 0.717) is 23.9 Å². The molecule has 2 aliphatic rings. The van der Waals surface area contributed by atoms with Crippen LogP contribution in [0.5, 0.6) is 0 Å². The molecule has 0 spiro atoms. The van der Waals surface area contributed by atoms with Gasteiger partial charge in [0.25, 0.3) is 0 Å². The molecule has 2 N–H and O–H groups in total. The van der Waals surface area contributed by atoms with E-state index in [2.05, 4.69) is 6.92 Å². The highest BCUT2D eigenvalue weighted by molar-refractivity contribution is 7.80. The predicted molar refractivity (Wildman–Crippen MR) is 81.9 cm³/mol. The summed E-state index contributed by atoms with van der Waals surface area (Å²) in [6.07, 6.45) is 3.44. The van der Waals surface area contributed by atoms with E-state index in [1.165, 1.54) is 4.90 Å². The van der Waals surface area contributed by atoms with E-state index in [1.54, 1.807) is 0 Å². The Hall–Kier alpha value is -0.970. The van der Waals surface area contributed by atoms with E-state index in [9.17, 15) is 9.59 Å². The molecule has 0 aromatic carbocycles. The van der Waals surface area contributed by atoms with E-state index in [1.807, 2.05) is 13.8 Å². The van der Waals surface area contributed by atoms with Gasteiger partial charge in [0, 0.05) is 12.0 Å². The van der Waals surface area contributed by atoms with Crippen LogP contribution in [0, 0.1) is 23.2 Å². The Morgan fingerprint density at radius 1 is 1.30 bits per heavy atom. The number of rotatable bonds is 5. The zero-order chi connectivity index (χ0) is 15.1. The Balaban J connectivity index is 2.01. The molecule has 1 aliphatic carbocycles. The molecule has 1 saturated heterocycles. The van der Waals surface area contributed by atoms with Gasteiger partial charge in [-0.3, -0.25) is 14.5 Å². The molecule has 4 nitrogen and oxygen atoms in total. The van der Waals surface area contributed by atoms with Crippen molar-refractivity contribution in [2.24, 2.45) is 28.9 Å². The molecule has 20 heavy (non-hydrogen) atoms. The lowest BCUT2D eigenvalue weighted by molar-refractivity contribution is -0.140.